The van der Waals surface area contributed by atoms with Crippen LogP contribution in [-0.4, -0.2) is 64.9 Å². The molecule has 0 fully saturated rings. The molecule has 2 aromatic heterocycles. The Kier molecular flexibility index (Phi) is 8.01. The Bertz CT molecular complexity index is 1320. The van der Waals surface area contributed by atoms with Crippen molar-refractivity contribution >= 4 is 22.9 Å². The summed E-state index contributed by atoms with van der Waals surface area (Å²) in [5.74, 6) is -1.26. The van der Waals surface area contributed by atoms with Gasteiger partial charge in [0.05, 0.1) is 24.0 Å². The number of carbonyl (C=O) groups excluding carboxylic acids is 1. The molecule has 0 aliphatic heterocycles. The van der Waals surface area contributed by atoms with Crippen molar-refractivity contribution in [3.8, 4) is 22.5 Å². The number of hydrogen-bond donors (Lipinski definition) is 4. The average Bonchev–Trinajstić information content (AvgIpc) is 3.57. The molecule has 188 valence electrons. The maximum atomic E-state index is 13.1. The molecule has 1 unspecified atom stereocenters. The van der Waals surface area contributed by atoms with Crippen molar-refractivity contribution in [3.63, 3.8) is 0 Å². The second-order valence-electron chi connectivity index (χ2n) is 8.58. The monoisotopic (exact) mass is 491 g/mol. The second-order valence-corrected chi connectivity index (χ2v) is 8.58. The van der Waals surface area contributed by atoms with Gasteiger partial charge in [-0.3, -0.25) is 4.79 Å². The fourth-order valence-electron chi connectivity index (χ4n) is 4.27. The summed E-state index contributed by atoms with van der Waals surface area (Å²) in [5, 5.41) is 35.4. The minimum absolute atomic E-state index is 0.459. The highest BCUT2D eigenvalue weighted by Gasteiger charge is 2.27. The topological polar surface area (TPSA) is 159 Å². The van der Waals surface area contributed by atoms with Crippen LogP contribution in [0, 0.1) is 0 Å². The van der Waals surface area contributed by atoms with Crippen molar-refractivity contribution < 1.29 is 19.8 Å². The molecular weight excluding hydrogens is 462 g/mol. The standard InChI is InChI=1S/C25H29N7O4/c1-2-3-4-5-10-22(24(34)27-20(14-33)25(35)36)32-15-26-19-13-16(11-12-21(19)32)17-8-6-7-9-18(17)23-28-30-31-29-23/h6-9,11-13,15,20,22,33H,2-5,10,14H2,1H3,(H,27,34)(H,35,36)(H,28,29,30,31)/t20-,22?/m0/s1. The van der Waals surface area contributed by atoms with Crippen molar-refractivity contribution in [2.24, 2.45) is 0 Å². The molecule has 11 heteroatoms. The van der Waals surface area contributed by atoms with Gasteiger partial charge in [0.15, 0.2) is 0 Å². The lowest BCUT2D eigenvalue weighted by Crippen LogP contribution is -2.46. The van der Waals surface area contributed by atoms with E-state index < -0.39 is 30.6 Å². The van der Waals surface area contributed by atoms with Crippen LogP contribution < -0.4 is 5.32 Å². The number of carboxylic acid groups (broad SMARTS) is 1. The Balaban J connectivity index is 1.67. The summed E-state index contributed by atoms with van der Waals surface area (Å²) in [4.78, 5) is 29.0. The van der Waals surface area contributed by atoms with Crippen molar-refractivity contribution in [1.82, 2.24) is 35.5 Å². The van der Waals surface area contributed by atoms with Crippen LogP contribution >= 0.6 is 0 Å². The number of hydrogen-bond acceptors (Lipinski definition) is 7. The summed E-state index contributed by atoms with van der Waals surface area (Å²) in [6.45, 7) is 1.43. The molecular formula is C25H29N7O4. The maximum absolute atomic E-state index is 13.1. The summed E-state index contributed by atoms with van der Waals surface area (Å²) in [7, 11) is 0. The molecule has 1 amide bonds. The van der Waals surface area contributed by atoms with Crippen LogP contribution in [0.1, 0.15) is 45.1 Å². The first-order chi connectivity index (χ1) is 17.5. The number of H-pyrrole nitrogens is 1. The third-order valence-electron chi connectivity index (χ3n) is 6.17. The minimum atomic E-state index is -1.36. The van der Waals surface area contributed by atoms with Gasteiger partial charge >= 0.3 is 5.97 Å². The molecule has 2 atom stereocenters. The van der Waals surface area contributed by atoms with Gasteiger partial charge in [-0.2, -0.15) is 5.21 Å². The highest BCUT2D eigenvalue weighted by molar-refractivity contribution is 5.90. The zero-order chi connectivity index (χ0) is 25.5. The molecule has 0 aliphatic carbocycles. The van der Waals surface area contributed by atoms with Crippen LogP contribution in [0.3, 0.4) is 0 Å². The van der Waals surface area contributed by atoms with Crippen LogP contribution in [0.2, 0.25) is 0 Å². The van der Waals surface area contributed by atoms with E-state index in [1.54, 1.807) is 10.9 Å². The molecule has 0 radical (unpaired) electrons. The van der Waals surface area contributed by atoms with E-state index in [0.29, 0.717) is 17.8 Å². The number of nitrogens with zero attached hydrogens (tertiary/aromatic N) is 5. The molecule has 36 heavy (non-hydrogen) atoms. The van der Waals surface area contributed by atoms with Crippen LogP contribution in [0.4, 0.5) is 0 Å². The predicted octanol–water partition coefficient (Wildman–Crippen LogP) is 2.96. The number of carbonyl (C=O) groups is 2. The van der Waals surface area contributed by atoms with Gasteiger partial charge < -0.3 is 20.1 Å². The van der Waals surface area contributed by atoms with Gasteiger partial charge in [-0.25, -0.2) is 9.78 Å². The van der Waals surface area contributed by atoms with Gasteiger partial charge in [0, 0.05) is 5.56 Å². The Morgan fingerprint density at radius 2 is 1.92 bits per heavy atom. The van der Waals surface area contributed by atoms with Crippen LogP contribution in [0.5, 0.6) is 0 Å². The zero-order valence-electron chi connectivity index (χ0n) is 20.0. The Morgan fingerprint density at radius 3 is 2.61 bits per heavy atom. The highest BCUT2D eigenvalue weighted by Crippen LogP contribution is 2.32. The first-order valence-electron chi connectivity index (χ1n) is 12.0. The van der Waals surface area contributed by atoms with Gasteiger partial charge in [0.25, 0.3) is 0 Å². The van der Waals surface area contributed by atoms with Crippen molar-refractivity contribution in [3.05, 3.63) is 48.8 Å². The number of aromatic amines is 1. The minimum Gasteiger partial charge on any atom is -0.480 e. The smallest absolute Gasteiger partial charge is 0.328 e. The van der Waals surface area contributed by atoms with Crippen LogP contribution in [-0.2, 0) is 9.59 Å². The summed E-state index contributed by atoms with van der Waals surface area (Å²) < 4.78 is 1.78. The lowest BCUT2D eigenvalue weighted by atomic mass is 9.98. The van der Waals surface area contributed by atoms with Crippen molar-refractivity contribution in [2.75, 3.05) is 6.61 Å². The first-order valence-corrected chi connectivity index (χ1v) is 12.0. The first kappa shape index (κ1) is 25.0. The van der Waals surface area contributed by atoms with E-state index in [0.717, 1.165) is 47.9 Å². The van der Waals surface area contributed by atoms with E-state index in [4.69, 9.17) is 0 Å². The molecule has 2 heterocycles. The molecule has 4 N–H and O–H groups in total. The third-order valence-corrected chi connectivity index (χ3v) is 6.17. The maximum Gasteiger partial charge on any atom is 0.328 e. The van der Waals surface area contributed by atoms with Crippen LogP contribution in [0.25, 0.3) is 33.5 Å². The van der Waals surface area contributed by atoms with E-state index in [9.17, 15) is 19.8 Å². The lowest BCUT2D eigenvalue weighted by molar-refractivity contribution is -0.143. The lowest BCUT2D eigenvalue weighted by Gasteiger charge is -2.21. The molecule has 0 aliphatic rings. The normalized spacial score (nSPS) is 12.9. The molecule has 0 spiro atoms. The molecule has 11 nitrogen and oxygen atoms in total. The number of fused-ring (bicyclic) bond motifs is 1. The zero-order valence-corrected chi connectivity index (χ0v) is 20.0. The van der Waals surface area contributed by atoms with Gasteiger partial charge in [-0.15, -0.1) is 10.2 Å². The van der Waals surface area contributed by atoms with Gasteiger partial charge in [-0.1, -0.05) is 62.9 Å². The highest BCUT2D eigenvalue weighted by atomic mass is 16.4. The van der Waals surface area contributed by atoms with E-state index in [2.05, 4.69) is 37.8 Å². The van der Waals surface area contributed by atoms with Crippen molar-refractivity contribution in [2.45, 2.75) is 51.1 Å². The summed E-state index contributed by atoms with van der Waals surface area (Å²) >= 11 is 0. The average molecular weight is 492 g/mol. The number of aliphatic hydroxyl groups excluding tert-OH is 1. The molecule has 0 bridgehead atoms. The summed E-state index contributed by atoms with van der Waals surface area (Å²) in [6.07, 6.45) is 6.02. The number of carboxylic acids is 1. The second kappa shape index (κ2) is 11.5. The van der Waals surface area contributed by atoms with Crippen LogP contribution in [0.15, 0.2) is 48.8 Å². The fraction of sp³-hybridized carbons (Fsp3) is 0.360. The molecule has 0 saturated heterocycles. The predicted molar refractivity (Wildman–Crippen MR) is 133 cm³/mol. The summed E-state index contributed by atoms with van der Waals surface area (Å²) in [5.41, 5.74) is 4.09. The van der Waals surface area contributed by atoms with E-state index >= 15 is 0 Å². The molecule has 0 saturated carbocycles. The number of aromatic nitrogens is 6. The quantitative estimate of drug-likeness (QED) is 0.220. The Hall–Kier alpha value is -4.12. The number of imidazole rings is 1. The fourth-order valence-corrected chi connectivity index (χ4v) is 4.27. The summed E-state index contributed by atoms with van der Waals surface area (Å²) in [6, 6.07) is 11.5. The SMILES string of the molecule is CCCCCCC(C(=O)N[C@@H](CO)C(=O)O)n1cnc2cc(-c3ccccc3-c3nn[nH]n3)ccc21. The third kappa shape index (κ3) is 5.41. The van der Waals surface area contributed by atoms with E-state index in [1.165, 1.54) is 0 Å². The number of rotatable bonds is 12. The molecule has 2 aromatic carbocycles. The van der Waals surface area contributed by atoms with E-state index in [1.807, 2.05) is 42.5 Å². The Morgan fingerprint density at radius 1 is 1.11 bits per heavy atom. The number of nitrogens with one attached hydrogen (secondary N) is 2. The number of amides is 1. The number of aliphatic hydroxyl groups is 1. The molecule has 4 rings (SSSR count). The largest absolute Gasteiger partial charge is 0.480 e. The van der Waals surface area contributed by atoms with Gasteiger partial charge in [-0.05, 0) is 34.9 Å². The number of tetrazole rings is 1. The van der Waals surface area contributed by atoms with E-state index in [-0.39, 0.29) is 0 Å². The van der Waals surface area contributed by atoms with Crippen molar-refractivity contribution in [1.29, 1.82) is 0 Å². The number of unbranched alkanes of at least 4 members (excludes halogenated alkanes) is 3. The van der Waals surface area contributed by atoms with Gasteiger partial charge in [0.1, 0.15) is 12.1 Å². The molecule has 4 aromatic rings. The Labute approximate surface area is 207 Å². The van der Waals surface area contributed by atoms with Gasteiger partial charge in [0.2, 0.25) is 11.7 Å². The number of aliphatic carboxylic acids is 1. The number of benzene rings is 2.